The molecule has 0 aromatic heterocycles. The highest BCUT2D eigenvalue weighted by Crippen LogP contribution is 2.55. The quantitative estimate of drug-likeness (QED) is 0.804. The maximum absolute atomic E-state index is 10.0. The molecule has 3 aliphatic carbocycles. The summed E-state index contributed by atoms with van der Waals surface area (Å²) in [4.78, 5) is 0. The summed E-state index contributed by atoms with van der Waals surface area (Å²) >= 11 is 0. The van der Waals surface area contributed by atoms with Crippen LogP contribution >= 0.6 is 0 Å². The molecule has 3 rings (SSSR count). The molecule has 0 heterocycles. The fraction of sp³-hybridized carbons (Fsp3) is 0.700. The van der Waals surface area contributed by atoms with Gasteiger partial charge in [0.05, 0.1) is 12.2 Å². The molecule has 0 aromatic rings. The summed E-state index contributed by atoms with van der Waals surface area (Å²) in [6.07, 6.45) is 12.2. The zero-order valence-electron chi connectivity index (χ0n) is 14.2. The van der Waals surface area contributed by atoms with Gasteiger partial charge in [-0.15, -0.1) is 0 Å². The van der Waals surface area contributed by atoms with Crippen LogP contribution in [0.4, 0.5) is 0 Å². The molecule has 5 unspecified atom stereocenters. The molecule has 2 nitrogen and oxygen atoms in total. The summed E-state index contributed by atoms with van der Waals surface area (Å²) in [6.45, 7) is 6.87. The van der Waals surface area contributed by atoms with Crippen molar-refractivity contribution in [1.29, 1.82) is 0 Å². The van der Waals surface area contributed by atoms with Crippen molar-refractivity contribution in [3.63, 3.8) is 0 Å². The van der Waals surface area contributed by atoms with Gasteiger partial charge in [0, 0.05) is 6.42 Å². The second kappa shape index (κ2) is 5.98. The van der Waals surface area contributed by atoms with Crippen molar-refractivity contribution in [1.82, 2.24) is 0 Å². The lowest BCUT2D eigenvalue weighted by molar-refractivity contribution is 0.0879. The number of hydrogen-bond acceptors (Lipinski definition) is 2. The van der Waals surface area contributed by atoms with Crippen LogP contribution in [-0.2, 0) is 0 Å². The molecule has 1 fully saturated rings. The van der Waals surface area contributed by atoms with Gasteiger partial charge in [-0.25, -0.2) is 0 Å². The molecular formula is C20H30O2. The molecule has 0 aliphatic heterocycles. The minimum atomic E-state index is -0.486. The molecule has 122 valence electrons. The largest absolute Gasteiger partial charge is 0.393 e. The molecular weight excluding hydrogens is 272 g/mol. The highest BCUT2D eigenvalue weighted by molar-refractivity contribution is 5.37. The third kappa shape index (κ3) is 2.72. The Morgan fingerprint density at radius 2 is 2.00 bits per heavy atom. The third-order valence-electron chi connectivity index (χ3n) is 6.71. The Morgan fingerprint density at radius 1 is 1.23 bits per heavy atom. The Bertz CT molecular complexity index is 528. The summed E-state index contributed by atoms with van der Waals surface area (Å²) < 4.78 is 0. The van der Waals surface area contributed by atoms with Crippen LogP contribution in [0.3, 0.4) is 0 Å². The van der Waals surface area contributed by atoms with Crippen LogP contribution in [0, 0.1) is 17.3 Å². The minimum absolute atomic E-state index is 0.407. The smallest absolute Gasteiger partial charge is 0.0777 e. The van der Waals surface area contributed by atoms with Gasteiger partial charge in [0.1, 0.15) is 0 Å². The molecule has 2 N–H and O–H groups in total. The lowest BCUT2D eigenvalue weighted by atomic mass is 9.65. The maximum Gasteiger partial charge on any atom is 0.0777 e. The minimum Gasteiger partial charge on any atom is -0.393 e. The summed E-state index contributed by atoms with van der Waals surface area (Å²) in [5, 5.41) is 19.9. The van der Waals surface area contributed by atoms with Crippen molar-refractivity contribution in [2.75, 3.05) is 0 Å². The van der Waals surface area contributed by atoms with E-state index in [9.17, 15) is 10.2 Å². The zero-order chi connectivity index (χ0) is 15.9. The maximum atomic E-state index is 10.0. The van der Waals surface area contributed by atoms with Crippen molar-refractivity contribution in [3.8, 4) is 0 Å². The van der Waals surface area contributed by atoms with Crippen LogP contribution in [-0.4, -0.2) is 22.4 Å². The van der Waals surface area contributed by atoms with Crippen LogP contribution in [0.5, 0.6) is 0 Å². The van der Waals surface area contributed by atoms with E-state index in [4.69, 9.17) is 0 Å². The highest BCUT2D eigenvalue weighted by atomic mass is 16.3. The van der Waals surface area contributed by atoms with Crippen molar-refractivity contribution in [3.05, 3.63) is 34.9 Å². The van der Waals surface area contributed by atoms with Gasteiger partial charge >= 0.3 is 0 Å². The standard InChI is InChI=1S/C20H30O2/c1-13-6-9-18-15(5-4-10-20(13,18)3)7-8-16-11-17(21)12-19(22)14(16)2/h5,7-8,13,17-19,21-22H,4,6,9-12H2,1-3H3/b8-7+. The molecule has 2 heteroatoms. The number of hydrogen-bond donors (Lipinski definition) is 2. The van der Waals surface area contributed by atoms with E-state index in [1.54, 1.807) is 0 Å². The van der Waals surface area contributed by atoms with Crippen LogP contribution in [0.25, 0.3) is 0 Å². The molecule has 3 aliphatic rings. The first-order chi connectivity index (χ1) is 10.4. The topological polar surface area (TPSA) is 40.5 Å². The Hall–Kier alpha value is -0.860. The number of allylic oxidation sites excluding steroid dienone is 4. The Balaban J connectivity index is 1.81. The van der Waals surface area contributed by atoms with E-state index in [-0.39, 0.29) is 0 Å². The summed E-state index contributed by atoms with van der Waals surface area (Å²) in [5.74, 6) is 1.50. The van der Waals surface area contributed by atoms with E-state index < -0.39 is 12.2 Å². The molecule has 1 saturated carbocycles. The first-order valence-electron chi connectivity index (χ1n) is 8.85. The fourth-order valence-electron chi connectivity index (χ4n) is 4.81. The monoisotopic (exact) mass is 302 g/mol. The molecule has 22 heavy (non-hydrogen) atoms. The van der Waals surface area contributed by atoms with Gasteiger partial charge in [0.15, 0.2) is 0 Å². The number of aliphatic hydroxyl groups excluding tert-OH is 2. The van der Waals surface area contributed by atoms with Crippen molar-refractivity contribution in [2.45, 2.75) is 71.5 Å². The predicted molar refractivity (Wildman–Crippen MR) is 90.4 cm³/mol. The molecule has 0 spiro atoms. The van der Waals surface area contributed by atoms with Gasteiger partial charge < -0.3 is 10.2 Å². The summed E-state index contributed by atoms with van der Waals surface area (Å²) in [5.41, 5.74) is 4.09. The molecule has 5 atom stereocenters. The molecule has 0 saturated heterocycles. The fourth-order valence-corrected chi connectivity index (χ4v) is 4.81. The van der Waals surface area contributed by atoms with Gasteiger partial charge in [-0.2, -0.15) is 0 Å². The van der Waals surface area contributed by atoms with Gasteiger partial charge in [0.2, 0.25) is 0 Å². The van der Waals surface area contributed by atoms with Crippen molar-refractivity contribution < 1.29 is 10.2 Å². The average Bonchev–Trinajstić information content (AvgIpc) is 2.77. The Kier molecular flexibility index (Phi) is 4.35. The normalized spacial score (nSPS) is 42.7. The van der Waals surface area contributed by atoms with E-state index in [1.807, 2.05) is 6.92 Å². The Morgan fingerprint density at radius 3 is 2.77 bits per heavy atom. The molecule has 0 radical (unpaired) electrons. The lowest BCUT2D eigenvalue weighted by Gasteiger charge is -2.39. The van der Waals surface area contributed by atoms with E-state index in [2.05, 4.69) is 32.1 Å². The van der Waals surface area contributed by atoms with Crippen LogP contribution < -0.4 is 0 Å². The van der Waals surface area contributed by atoms with E-state index in [0.29, 0.717) is 24.2 Å². The van der Waals surface area contributed by atoms with Gasteiger partial charge in [-0.05, 0) is 73.0 Å². The Labute approximate surface area is 134 Å². The average molecular weight is 302 g/mol. The summed E-state index contributed by atoms with van der Waals surface area (Å²) in [6, 6.07) is 0. The zero-order valence-corrected chi connectivity index (χ0v) is 14.2. The van der Waals surface area contributed by atoms with Crippen LogP contribution in [0.1, 0.15) is 59.3 Å². The number of aliphatic hydroxyl groups is 2. The van der Waals surface area contributed by atoms with Crippen molar-refractivity contribution >= 4 is 0 Å². The number of rotatable bonds is 2. The summed E-state index contributed by atoms with van der Waals surface area (Å²) in [7, 11) is 0. The van der Waals surface area contributed by atoms with E-state index >= 15 is 0 Å². The molecule has 0 amide bonds. The van der Waals surface area contributed by atoms with E-state index in [1.165, 1.54) is 31.3 Å². The third-order valence-corrected chi connectivity index (χ3v) is 6.71. The lowest BCUT2D eigenvalue weighted by Crippen LogP contribution is -2.30. The first-order valence-corrected chi connectivity index (χ1v) is 8.85. The van der Waals surface area contributed by atoms with Crippen LogP contribution in [0.15, 0.2) is 34.9 Å². The number of fused-ring (bicyclic) bond motifs is 1. The van der Waals surface area contributed by atoms with Gasteiger partial charge in [0.25, 0.3) is 0 Å². The second-order valence-electron chi connectivity index (χ2n) is 7.93. The first kappa shape index (κ1) is 16.0. The highest BCUT2D eigenvalue weighted by Gasteiger charge is 2.46. The SMILES string of the molecule is CC1=C(/C=C/C2=CCCC3(C)C(C)CCC23)CC(O)CC1O. The molecule has 0 bridgehead atoms. The second-order valence-corrected chi connectivity index (χ2v) is 7.93. The predicted octanol–water partition coefficient (Wildman–Crippen LogP) is 4.15. The van der Waals surface area contributed by atoms with E-state index in [0.717, 1.165) is 17.1 Å². The van der Waals surface area contributed by atoms with Gasteiger partial charge in [-0.3, -0.25) is 0 Å². The van der Waals surface area contributed by atoms with Crippen LogP contribution in [0.2, 0.25) is 0 Å². The molecule has 0 aromatic carbocycles. The van der Waals surface area contributed by atoms with Crippen molar-refractivity contribution in [2.24, 2.45) is 17.3 Å². The van der Waals surface area contributed by atoms with Gasteiger partial charge in [-0.1, -0.05) is 32.1 Å².